The van der Waals surface area contributed by atoms with E-state index in [9.17, 15) is 14.0 Å². The molecule has 3 aromatic rings. The van der Waals surface area contributed by atoms with E-state index in [4.69, 9.17) is 0 Å². The van der Waals surface area contributed by atoms with Gasteiger partial charge < -0.3 is 16.0 Å². The monoisotopic (exact) mass is 378 g/mol. The molecule has 0 aliphatic heterocycles. The number of hydrogen-bond acceptors (Lipinski definition) is 4. The van der Waals surface area contributed by atoms with Gasteiger partial charge in [-0.25, -0.2) is 9.37 Å². The predicted molar refractivity (Wildman–Crippen MR) is 106 cm³/mol. The second kappa shape index (κ2) is 8.77. The van der Waals surface area contributed by atoms with Crippen molar-refractivity contribution in [2.24, 2.45) is 0 Å². The van der Waals surface area contributed by atoms with Crippen LogP contribution in [0, 0.1) is 5.82 Å². The highest BCUT2D eigenvalue weighted by Crippen LogP contribution is 2.22. The lowest BCUT2D eigenvalue weighted by atomic mass is 10.1. The highest BCUT2D eigenvalue weighted by molar-refractivity contribution is 6.07. The molecule has 3 N–H and O–H groups in total. The summed E-state index contributed by atoms with van der Waals surface area (Å²) in [6.45, 7) is 0. The molecule has 28 heavy (non-hydrogen) atoms. The molecule has 1 aromatic heterocycles. The molecule has 0 unspecified atom stereocenters. The number of hydrogen-bond donors (Lipinski definition) is 3. The van der Waals surface area contributed by atoms with Crippen molar-refractivity contribution in [3.63, 3.8) is 0 Å². The van der Waals surface area contributed by atoms with Crippen molar-refractivity contribution >= 4 is 29.0 Å². The molecule has 2 amide bonds. The molecule has 0 saturated carbocycles. The Balaban J connectivity index is 1.74. The van der Waals surface area contributed by atoms with Crippen molar-refractivity contribution in [1.82, 2.24) is 10.3 Å². The van der Waals surface area contributed by atoms with Gasteiger partial charge >= 0.3 is 0 Å². The molecule has 3 rings (SSSR count). The first-order valence-corrected chi connectivity index (χ1v) is 8.64. The van der Waals surface area contributed by atoms with Crippen molar-refractivity contribution in [3.8, 4) is 0 Å². The van der Waals surface area contributed by atoms with Crippen LogP contribution >= 0.6 is 0 Å². The summed E-state index contributed by atoms with van der Waals surface area (Å²) in [6.07, 6.45) is 1.79. The first-order chi connectivity index (χ1) is 13.6. The van der Waals surface area contributed by atoms with Crippen LogP contribution in [0.4, 0.5) is 21.6 Å². The van der Waals surface area contributed by atoms with E-state index in [1.165, 1.54) is 12.3 Å². The minimum absolute atomic E-state index is 0.0870. The number of nitrogens with one attached hydrogen (secondary N) is 3. The summed E-state index contributed by atoms with van der Waals surface area (Å²) in [4.78, 5) is 28.2. The molecule has 6 nitrogen and oxygen atoms in total. The molecule has 2 aromatic carbocycles. The van der Waals surface area contributed by atoms with E-state index >= 15 is 0 Å². The molecule has 0 bridgehead atoms. The highest BCUT2D eigenvalue weighted by atomic mass is 19.1. The Bertz CT molecular complexity index is 990. The van der Waals surface area contributed by atoms with Gasteiger partial charge in [-0.3, -0.25) is 9.59 Å². The van der Waals surface area contributed by atoms with Crippen LogP contribution < -0.4 is 16.0 Å². The summed E-state index contributed by atoms with van der Waals surface area (Å²) in [6, 6.07) is 16.4. The summed E-state index contributed by atoms with van der Waals surface area (Å²) in [5.74, 6) is -0.658. The van der Waals surface area contributed by atoms with Crippen LogP contribution in [0.15, 0.2) is 66.9 Å². The average Bonchev–Trinajstić information content (AvgIpc) is 2.71. The number of benzene rings is 2. The van der Waals surface area contributed by atoms with Crippen LogP contribution in [0.3, 0.4) is 0 Å². The van der Waals surface area contributed by atoms with Gasteiger partial charge in [0.15, 0.2) is 0 Å². The third kappa shape index (κ3) is 4.70. The molecule has 0 fully saturated rings. The van der Waals surface area contributed by atoms with Crippen molar-refractivity contribution in [1.29, 1.82) is 0 Å². The fourth-order valence-electron chi connectivity index (χ4n) is 2.56. The average molecular weight is 378 g/mol. The SMILES string of the molecule is CNC(=O)Cc1ccc(NC(=O)c2cccnc2Nc2ccccc2F)cc1. The van der Waals surface area contributed by atoms with Crippen LogP contribution in [0.2, 0.25) is 0 Å². The zero-order chi connectivity index (χ0) is 19.9. The summed E-state index contributed by atoms with van der Waals surface area (Å²) >= 11 is 0. The first kappa shape index (κ1) is 19.0. The van der Waals surface area contributed by atoms with Crippen molar-refractivity contribution in [3.05, 3.63) is 83.8 Å². The highest BCUT2D eigenvalue weighted by Gasteiger charge is 2.14. The Morgan fingerprint density at radius 3 is 2.46 bits per heavy atom. The maximum atomic E-state index is 13.9. The zero-order valence-corrected chi connectivity index (χ0v) is 15.2. The molecule has 0 spiro atoms. The lowest BCUT2D eigenvalue weighted by Crippen LogP contribution is -2.20. The van der Waals surface area contributed by atoms with E-state index in [0.717, 1.165) is 5.56 Å². The first-order valence-electron chi connectivity index (χ1n) is 8.64. The summed E-state index contributed by atoms with van der Waals surface area (Å²) < 4.78 is 13.9. The van der Waals surface area contributed by atoms with Gasteiger partial charge in [0.05, 0.1) is 17.7 Å². The summed E-state index contributed by atoms with van der Waals surface area (Å²) in [7, 11) is 1.58. The standard InChI is InChI=1S/C21H19FN4O2/c1-23-19(27)13-14-8-10-15(11-9-14)25-21(28)16-5-4-12-24-20(16)26-18-7-3-2-6-17(18)22/h2-12H,13H2,1H3,(H,23,27)(H,24,26)(H,25,28). The molecule has 0 saturated heterocycles. The number of anilines is 3. The smallest absolute Gasteiger partial charge is 0.259 e. The van der Waals surface area contributed by atoms with E-state index in [0.29, 0.717) is 5.69 Å². The van der Waals surface area contributed by atoms with Gasteiger partial charge in [-0.15, -0.1) is 0 Å². The van der Waals surface area contributed by atoms with Crippen LogP contribution in [0.1, 0.15) is 15.9 Å². The lowest BCUT2D eigenvalue weighted by molar-refractivity contribution is -0.119. The van der Waals surface area contributed by atoms with Gasteiger partial charge in [0.25, 0.3) is 5.91 Å². The van der Waals surface area contributed by atoms with Crippen molar-refractivity contribution < 1.29 is 14.0 Å². The second-order valence-corrected chi connectivity index (χ2v) is 6.01. The summed E-state index contributed by atoms with van der Waals surface area (Å²) in [5.41, 5.74) is 1.92. The fraction of sp³-hybridized carbons (Fsp3) is 0.0952. The third-order valence-electron chi connectivity index (χ3n) is 4.03. The second-order valence-electron chi connectivity index (χ2n) is 6.01. The van der Waals surface area contributed by atoms with E-state index in [2.05, 4.69) is 20.9 Å². The van der Waals surface area contributed by atoms with E-state index in [-0.39, 0.29) is 35.3 Å². The Hall–Kier alpha value is -3.74. The van der Waals surface area contributed by atoms with E-state index in [1.54, 1.807) is 61.6 Å². The molecule has 7 heteroatoms. The zero-order valence-electron chi connectivity index (χ0n) is 15.2. The number of aromatic nitrogens is 1. The van der Waals surface area contributed by atoms with Gasteiger partial charge in [0.2, 0.25) is 5.91 Å². The molecule has 142 valence electrons. The Labute approximate surface area is 161 Å². The minimum Gasteiger partial charge on any atom is -0.359 e. The summed E-state index contributed by atoms with van der Waals surface area (Å²) in [5, 5.41) is 8.20. The molecule has 0 aliphatic carbocycles. The molecule has 0 aliphatic rings. The maximum Gasteiger partial charge on any atom is 0.259 e. The number of likely N-dealkylation sites (N-methyl/N-ethyl adjacent to an activating group) is 1. The van der Waals surface area contributed by atoms with Crippen molar-refractivity contribution in [2.75, 3.05) is 17.7 Å². The molecule has 1 heterocycles. The number of pyridine rings is 1. The van der Waals surface area contributed by atoms with Crippen LogP contribution in [-0.4, -0.2) is 23.8 Å². The lowest BCUT2D eigenvalue weighted by Gasteiger charge is -2.12. The van der Waals surface area contributed by atoms with Crippen molar-refractivity contribution in [2.45, 2.75) is 6.42 Å². The van der Waals surface area contributed by atoms with Gasteiger partial charge in [-0.05, 0) is 42.0 Å². The minimum atomic E-state index is -0.439. The van der Waals surface area contributed by atoms with E-state index < -0.39 is 5.82 Å². The fourth-order valence-corrected chi connectivity index (χ4v) is 2.56. The molecular formula is C21H19FN4O2. The number of carbonyl (C=O) groups is 2. The third-order valence-corrected chi connectivity index (χ3v) is 4.03. The van der Waals surface area contributed by atoms with Crippen LogP contribution in [0.5, 0.6) is 0 Å². The molecular weight excluding hydrogens is 359 g/mol. The van der Waals surface area contributed by atoms with E-state index in [1.807, 2.05) is 0 Å². The van der Waals surface area contributed by atoms with Gasteiger partial charge in [0.1, 0.15) is 11.6 Å². The van der Waals surface area contributed by atoms with Gasteiger partial charge in [-0.1, -0.05) is 24.3 Å². The maximum absolute atomic E-state index is 13.9. The topological polar surface area (TPSA) is 83.1 Å². The number of para-hydroxylation sites is 1. The number of rotatable bonds is 6. The molecule has 0 radical (unpaired) electrons. The van der Waals surface area contributed by atoms with Crippen LogP contribution in [-0.2, 0) is 11.2 Å². The number of amides is 2. The number of nitrogens with zero attached hydrogens (tertiary/aromatic N) is 1. The van der Waals surface area contributed by atoms with Crippen LogP contribution in [0.25, 0.3) is 0 Å². The number of carbonyl (C=O) groups excluding carboxylic acids is 2. The predicted octanol–water partition coefficient (Wildman–Crippen LogP) is 3.51. The quantitative estimate of drug-likeness (QED) is 0.613. The Morgan fingerprint density at radius 2 is 1.75 bits per heavy atom. The van der Waals surface area contributed by atoms with Gasteiger partial charge in [0, 0.05) is 18.9 Å². The normalized spacial score (nSPS) is 10.2. The Morgan fingerprint density at radius 1 is 1.00 bits per heavy atom. The number of halogens is 1. The molecule has 0 atom stereocenters. The Kier molecular flexibility index (Phi) is 5.96. The van der Waals surface area contributed by atoms with Gasteiger partial charge in [-0.2, -0.15) is 0 Å². The largest absolute Gasteiger partial charge is 0.359 e.